The normalized spacial score (nSPS) is 14.5. The van der Waals surface area contributed by atoms with Gasteiger partial charge in [-0.05, 0) is 42.5 Å². The van der Waals surface area contributed by atoms with Crippen LogP contribution >= 0.6 is 0 Å². The number of alkyl halides is 3. The molecule has 0 saturated heterocycles. The van der Waals surface area contributed by atoms with Crippen molar-refractivity contribution < 1.29 is 27.1 Å². The molecule has 27 heavy (non-hydrogen) atoms. The maximum absolute atomic E-state index is 12.8. The molecular weight excluding hydrogens is 359 g/mol. The smallest absolute Gasteiger partial charge is 0.416 e. The fraction of sp³-hybridized carbons (Fsp3) is 0.250. The maximum Gasteiger partial charge on any atom is 0.416 e. The number of hydrogen-bond acceptors (Lipinski definition) is 4. The van der Waals surface area contributed by atoms with E-state index in [1.165, 1.54) is 19.2 Å². The first-order valence-electron chi connectivity index (χ1n) is 8.41. The predicted molar refractivity (Wildman–Crippen MR) is 94.4 cm³/mol. The summed E-state index contributed by atoms with van der Waals surface area (Å²) >= 11 is 0. The lowest BCUT2D eigenvalue weighted by atomic mass is 10.0. The Labute approximate surface area is 152 Å². The van der Waals surface area contributed by atoms with Gasteiger partial charge in [-0.15, -0.1) is 0 Å². The average molecular weight is 375 g/mol. The molecule has 3 aromatic rings. The van der Waals surface area contributed by atoms with Crippen LogP contribution in [0.4, 0.5) is 18.9 Å². The first-order chi connectivity index (χ1) is 12.8. The first-order valence-corrected chi connectivity index (χ1v) is 8.41. The molecule has 1 fully saturated rings. The van der Waals surface area contributed by atoms with Gasteiger partial charge in [-0.1, -0.05) is 12.1 Å². The van der Waals surface area contributed by atoms with Crippen molar-refractivity contribution in [1.29, 1.82) is 0 Å². The van der Waals surface area contributed by atoms with Gasteiger partial charge in [0.15, 0.2) is 0 Å². The number of fused-ring (bicyclic) bond motifs is 1. The van der Waals surface area contributed by atoms with Gasteiger partial charge in [-0.25, -0.2) is 4.79 Å². The van der Waals surface area contributed by atoms with Crippen LogP contribution in [0.25, 0.3) is 22.3 Å². The zero-order valence-electron chi connectivity index (χ0n) is 14.4. The SMILES string of the molecule is COC(=O)c1c(-c2ccc(C(F)(F)F)cc2)oc2cc(N)c(C3CC3)cc12. The number of ether oxygens (including phenoxy) is 1. The average Bonchev–Trinajstić information content (AvgIpc) is 3.40. The van der Waals surface area contributed by atoms with Crippen LogP contribution in [0.5, 0.6) is 0 Å². The number of nitrogen functional groups attached to an aromatic ring is 1. The Balaban J connectivity index is 1.90. The van der Waals surface area contributed by atoms with E-state index in [-0.39, 0.29) is 11.3 Å². The zero-order chi connectivity index (χ0) is 19.3. The van der Waals surface area contributed by atoms with Gasteiger partial charge in [-0.3, -0.25) is 0 Å². The summed E-state index contributed by atoms with van der Waals surface area (Å²) in [6.07, 6.45) is -2.37. The van der Waals surface area contributed by atoms with Crippen molar-refractivity contribution in [3.8, 4) is 11.3 Å². The van der Waals surface area contributed by atoms with Crippen molar-refractivity contribution in [1.82, 2.24) is 0 Å². The number of furan rings is 1. The molecule has 2 aromatic carbocycles. The van der Waals surface area contributed by atoms with Crippen LogP contribution in [-0.2, 0) is 10.9 Å². The highest BCUT2D eigenvalue weighted by atomic mass is 19.4. The lowest BCUT2D eigenvalue weighted by Gasteiger charge is -2.07. The summed E-state index contributed by atoms with van der Waals surface area (Å²) in [7, 11) is 1.25. The van der Waals surface area contributed by atoms with E-state index >= 15 is 0 Å². The molecule has 0 unspecified atom stereocenters. The van der Waals surface area contributed by atoms with Gasteiger partial charge in [0.25, 0.3) is 0 Å². The van der Waals surface area contributed by atoms with Crippen LogP contribution in [0, 0.1) is 0 Å². The van der Waals surface area contributed by atoms with E-state index in [1.807, 2.05) is 6.07 Å². The Morgan fingerprint density at radius 2 is 1.85 bits per heavy atom. The third kappa shape index (κ3) is 3.03. The van der Waals surface area contributed by atoms with Gasteiger partial charge in [-0.2, -0.15) is 13.2 Å². The van der Waals surface area contributed by atoms with Crippen LogP contribution in [0.2, 0.25) is 0 Å². The van der Waals surface area contributed by atoms with Crippen molar-refractivity contribution in [3.63, 3.8) is 0 Å². The van der Waals surface area contributed by atoms with Crippen LogP contribution < -0.4 is 5.73 Å². The summed E-state index contributed by atoms with van der Waals surface area (Å²) in [4.78, 5) is 12.4. The number of benzene rings is 2. The van der Waals surface area contributed by atoms with Crippen molar-refractivity contribution >= 4 is 22.6 Å². The van der Waals surface area contributed by atoms with Crippen LogP contribution in [0.15, 0.2) is 40.8 Å². The van der Waals surface area contributed by atoms with E-state index in [9.17, 15) is 18.0 Å². The Morgan fingerprint density at radius 1 is 1.19 bits per heavy atom. The maximum atomic E-state index is 12.8. The summed E-state index contributed by atoms with van der Waals surface area (Å²) in [5, 5.41) is 0.549. The number of hydrogen-bond donors (Lipinski definition) is 1. The number of nitrogens with two attached hydrogens (primary N) is 1. The number of carbonyl (C=O) groups is 1. The molecule has 1 aliphatic carbocycles. The van der Waals surface area contributed by atoms with E-state index in [0.29, 0.717) is 28.1 Å². The third-order valence-electron chi connectivity index (χ3n) is 4.77. The quantitative estimate of drug-likeness (QED) is 0.494. The molecule has 140 valence electrons. The Kier molecular flexibility index (Phi) is 3.91. The van der Waals surface area contributed by atoms with Crippen molar-refractivity contribution in [3.05, 3.63) is 53.1 Å². The number of halogens is 3. The first kappa shape index (κ1) is 17.5. The van der Waals surface area contributed by atoms with E-state index < -0.39 is 17.7 Å². The second-order valence-corrected chi connectivity index (χ2v) is 6.62. The molecule has 0 amide bonds. The number of anilines is 1. The molecule has 0 radical (unpaired) electrons. The predicted octanol–water partition coefficient (Wildman–Crippen LogP) is 5.36. The number of methoxy groups -OCH3 is 1. The largest absolute Gasteiger partial charge is 0.465 e. The Morgan fingerprint density at radius 3 is 2.41 bits per heavy atom. The fourth-order valence-corrected chi connectivity index (χ4v) is 3.24. The van der Waals surface area contributed by atoms with E-state index in [2.05, 4.69) is 0 Å². The number of carbonyl (C=O) groups excluding carboxylic acids is 1. The van der Waals surface area contributed by atoms with Gasteiger partial charge in [0, 0.05) is 22.7 Å². The van der Waals surface area contributed by atoms with E-state index in [0.717, 1.165) is 30.5 Å². The van der Waals surface area contributed by atoms with Gasteiger partial charge in [0.05, 0.1) is 12.7 Å². The van der Waals surface area contributed by atoms with Crippen LogP contribution in [0.3, 0.4) is 0 Å². The minimum Gasteiger partial charge on any atom is -0.465 e. The standard InChI is InChI=1S/C20H16F3NO3/c1-26-19(25)17-14-8-13(10-2-3-10)15(24)9-16(14)27-18(17)11-4-6-12(7-5-11)20(21,22)23/h4-10H,2-3,24H2,1H3. The summed E-state index contributed by atoms with van der Waals surface area (Å²) in [5.74, 6) is -0.0857. The van der Waals surface area contributed by atoms with E-state index in [4.69, 9.17) is 14.9 Å². The van der Waals surface area contributed by atoms with Crippen LogP contribution in [0.1, 0.15) is 40.2 Å². The zero-order valence-corrected chi connectivity index (χ0v) is 14.4. The molecule has 1 aromatic heterocycles. The minimum atomic E-state index is -4.44. The fourth-order valence-electron chi connectivity index (χ4n) is 3.24. The van der Waals surface area contributed by atoms with Gasteiger partial charge >= 0.3 is 12.1 Å². The highest BCUT2D eigenvalue weighted by molar-refractivity contribution is 6.09. The lowest BCUT2D eigenvalue weighted by Crippen LogP contribution is -2.05. The Hall–Kier alpha value is -2.96. The molecule has 4 nitrogen and oxygen atoms in total. The third-order valence-corrected chi connectivity index (χ3v) is 4.77. The molecule has 7 heteroatoms. The van der Waals surface area contributed by atoms with Gasteiger partial charge in [0.1, 0.15) is 16.9 Å². The highest BCUT2D eigenvalue weighted by Crippen LogP contribution is 2.46. The van der Waals surface area contributed by atoms with Crippen LogP contribution in [-0.4, -0.2) is 13.1 Å². The summed E-state index contributed by atoms with van der Waals surface area (Å²) < 4.78 is 49.1. The topological polar surface area (TPSA) is 65.5 Å². The van der Waals surface area contributed by atoms with Gasteiger partial charge in [0.2, 0.25) is 0 Å². The van der Waals surface area contributed by atoms with Crippen molar-refractivity contribution in [2.75, 3.05) is 12.8 Å². The summed E-state index contributed by atoms with van der Waals surface area (Å²) in [5.41, 5.74) is 7.79. The lowest BCUT2D eigenvalue weighted by molar-refractivity contribution is -0.137. The number of rotatable bonds is 3. The molecule has 0 aliphatic heterocycles. The summed E-state index contributed by atoms with van der Waals surface area (Å²) in [6.45, 7) is 0. The minimum absolute atomic E-state index is 0.165. The monoisotopic (exact) mass is 375 g/mol. The highest BCUT2D eigenvalue weighted by Gasteiger charge is 2.32. The van der Waals surface area contributed by atoms with Crippen molar-refractivity contribution in [2.45, 2.75) is 24.9 Å². The number of esters is 1. The molecule has 1 heterocycles. The molecule has 1 aliphatic rings. The molecular formula is C20H16F3NO3. The molecule has 4 rings (SSSR count). The molecule has 0 atom stereocenters. The van der Waals surface area contributed by atoms with Gasteiger partial charge < -0.3 is 14.9 Å². The molecule has 1 saturated carbocycles. The van der Waals surface area contributed by atoms with Crippen molar-refractivity contribution in [2.24, 2.45) is 0 Å². The summed E-state index contributed by atoms with van der Waals surface area (Å²) in [6, 6.07) is 7.94. The Bertz CT molecular complexity index is 1030. The second-order valence-electron chi connectivity index (χ2n) is 6.62. The second kappa shape index (κ2) is 6.04. The molecule has 0 spiro atoms. The van der Waals surface area contributed by atoms with E-state index in [1.54, 1.807) is 6.07 Å². The molecule has 0 bridgehead atoms. The molecule has 2 N–H and O–H groups in total.